The van der Waals surface area contributed by atoms with Gasteiger partial charge in [-0.1, -0.05) is 0 Å². The van der Waals surface area contributed by atoms with Crippen LogP contribution in [0.25, 0.3) is 0 Å². The van der Waals surface area contributed by atoms with Crippen LogP contribution in [0.4, 0.5) is 0 Å². The maximum absolute atomic E-state index is 8.44. The third-order valence-electron chi connectivity index (χ3n) is 0. The van der Waals surface area contributed by atoms with Crippen LogP contribution in [-0.4, -0.2) is 64.4 Å². The summed E-state index contributed by atoms with van der Waals surface area (Å²) in [5.74, 6) is 0. The van der Waals surface area contributed by atoms with E-state index in [1.165, 1.54) is 0 Å². The molecule has 10 heavy (non-hydrogen) atoms. The standard InChI is InChI=1S/Ca.Cu.2H2O3S/c;;2*1-4(2)3/h;;2*(H2,1,2,3)/q2*+2;;/p-4. The van der Waals surface area contributed by atoms with Crippen LogP contribution in [0.5, 0.6) is 0 Å². The predicted octanol–water partition coefficient (Wildman–Crippen LogP) is -2.39. The first-order valence-corrected chi connectivity index (χ1v) is 3.00. The Hall–Kier alpha value is 1.92. The molecule has 0 aromatic rings. The van der Waals surface area contributed by atoms with Gasteiger partial charge in [0.1, 0.15) is 0 Å². The Kier molecular flexibility index (Phi) is 38.8. The molecule has 0 fully saturated rings. The summed E-state index contributed by atoms with van der Waals surface area (Å²) in [5.41, 5.74) is 0. The molecule has 0 spiro atoms. The summed E-state index contributed by atoms with van der Waals surface area (Å²) in [4.78, 5) is 0. The minimum atomic E-state index is -3.11. The van der Waals surface area contributed by atoms with Crippen molar-refractivity contribution in [1.82, 2.24) is 0 Å². The van der Waals surface area contributed by atoms with E-state index < -0.39 is 22.7 Å². The van der Waals surface area contributed by atoms with Gasteiger partial charge in [-0.25, -0.2) is 0 Å². The molecular weight excluding hydrogens is 264 g/mol. The van der Waals surface area contributed by atoms with E-state index in [1.807, 2.05) is 0 Å². The zero-order valence-corrected chi connectivity index (χ0v) is 9.06. The molecule has 0 rings (SSSR count). The number of hydrogen-bond acceptors (Lipinski definition) is 6. The third kappa shape index (κ3) is 214. The van der Waals surface area contributed by atoms with Gasteiger partial charge in [0.05, 0.1) is 0 Å². The zero-order chi connectivity index (χ0) is 7.15. The first-order chi connectivity index (χ1) is 3.46. The summed E-state index contributed by atoms with van der Waals surface area (Å²) in [6, 6.07) is 0. The summed E-state index contributed by atoms with van der Waals surface area (Å²) in [5, 5.41) is 0. The van der Waals surface area contributed by atoms with Crippen LogP contribution in [0, 0.1) is 0 Å². The zero-order valence-electron chi connectivity index (χ0n) is 4.27. The van der Waals surface area contributed by atoms with E-state index in [0.717, 1.165) is 0 Å². The average Bonchev–Trinajstić information content (AvgIpc) is 1.25. The molecule has 6 nitrogen and oxygen atoms in total. The monoisotopic (exact) mass is 263 g/mol. The van der Waals surface area contributed by atoms with E-state index in [1.54, 1.807) is 0 Å². The van der Waals surface area contributed by atoms with Gasteiger partial charge in [-0.15, -0.1) is 22.7 Å². The van der Waals surface area contributed by atoms with Crippen molar-refractivity contribution in [2.24, 2.45) is 0 Å². The van der Waals surface area contributed by atoms with Gasteiger partial charge in [0.15, 0.2) is 0 Å². The predicted molar refractivity (Wildman–Crippen MR) is 25.1 cm³/mol. The maximum Gasteiger partial charge on any atom is 2.00 e. The first-order valence-electron chi connectivity index (χ1n) is 1.00. The van der Waals surface area contributed by atoms with Gasteiger partial charge in [0, 0.05) is 0 Å². The van der Waals surface area contributed by atoms with E-state index in [4.69, 9.17) is 26.6 Å². The molecule has 0 aliphatic rings. The van der Waals surface area contributed by atoms with Gasteiger partial charge in [-0.2, -0.15) is 0 Å². The minimum absolute atomic E-state index is 0. The molecule has 0 saturated carbocycles. The number of rotatable bonds is 0. The molecule has 0 aliphatic heterocycles. The Labute approximate surface area is 103 Å². The van der Waals surface area contributed by atoms with Gasteiger partial charge >= 0.3 is 54.8 Å². The van der Waals surface area contributed by atoms with Gasteiger partial charge in [0.2, 0.25) is 0 Å². The second-order valence-corrected chi connectivity index (χ2v) is 1.22. The average molecular weight is 264 g/mol. The van der Waals surface area contributed by atoms with E-state index in [9.17, 15) is 0 Å². The molecule has 0 aromatic heterocycles. The Balaban J connectivity index is -0.0000000300. The topological polar surface area (TPSA) is 126 Å². The van der Waals surface area contributed by atoms with E-state index in [-0.39, 0.29) is 54.8 Å². The minimum Gasteiger partial charge on any atom is -0.784 e. The Morgan fingerprint density at radius 1 is 0.800 bits per heavy atom. The molecule has 0 saturated heterocycles. The molecule has 0 atom stereocenters. The summed E-state index contributed by atoms with van der Waals surface area (Å²) >= 11 is -6.22. The maximum atomic E-state index is 8.44. The SMILES string of the molecule is O=S([O-])[O-].O=S([O-])[O-].[Ca+2].[Cu+2]. The van der Waals surface area contributed by atoms with Gasteiger partial charge in [-0.05, 0) is 0 Å². The first kappa shape index (κ1) is 22.7. The molecule has 61 valence electrons. The Morgan fingerprint density at radius 2 is 0.800 bits per heavy atom. The molecule has 0 aromatic carbocycles. The molecule has 0 aliphatic carbocycles. The van der Waals surface area contributed by atoms with Crippen LogP contribution in [0.1, 0.15) is 0 Å². The van der Waals surface area contributed by atoms with Gasteiger partial charge < -0.3 is 18.2 Å². The fraction of sp³-hybridized carbons (Fsp3) is 0. The molecule has 0 N–H and O–H groups in total. The molecule has 10 heteroatoms. The van der Waals surface area contributed by atoms with Crippen LogP contribution < -0.4 is 0 Å². The van der Waals surface area contributed by atoms with Crippen molar-refractivity contribution >= 4 is 60.5 Å². The summed E-state index contributed by atoms with van der Waals surface area (Å²) < 4.78 is 50.7. The smallest absolute Gasteiger partial charge is 0.784 e. The van der Waals surface area contributed by atoms with E-state index in [0.29, 0.717) is 0 Å². The quantitative estimate of drug-likeness (QED) is 0.354. The van der Waals surface area contributed by atoms with Gasteiger partial charge in [0.25, 0.3) is 0 Å². The Bertz CT molecular complexity index is 73.7. The van der Waals surface area contributed by atoms with Crippen LogP contribution in [0.15, 0.2) is 0 Å². The van der Waals surface area contributed by atoms with Crippen molar-refractivity contribution < 1.29 is 43.7 Å². The van der Waals surface area contributed by atoms with Gasteiger partial charge in [-0.3, -0.25) is 8.42 Å². The molecule has 1 radical (unpaired) electrons. The van der Waals surface area contributed by atoms with Crippen LogP contribution in [-0.2, 0) is 39.8 Å². The summed E-state index contributed by atoms with van der Waals surface area (Å²) in [6.45, 7) is 0. The van der Waals surface area contributed by atoms with Crippen LogP contribution in [0.3, 0.4) is 0 Å². The van der Waals surface area contributed by atoms with Crippen molar-refractivity contribution in [3.63, 3.8) is 0 Å². The van der Waals surface area contributed by atoms with Crippen molar-refractivity contribution in [2.45, 2.75) is 0 Å². The molecule has 0 bridgehead atoms. The molecule has 0 amide bonds. The normalized spacial score (nSPS) is 7.00. The van der Waals surface area contributed by atoms with E-state index >= 15 is 0 Å². The van der Waals surface area contributed by atoms with Crippen molar-refractivity contribution in [1.29, 1.82) is 0 Å². The largest absolute Gasteiger partial charge is 2.00 e. The summed E-state index contributed by atoms with van der Waals surface area (Å²) in [7, 11) is 0. The van der Waals surface area contributed by atoms with Crippen molar-refractivity contribution in [3.05, 3.63) is 0 Å². The second-order valence-electron chi connectivity index (χ2n) is 0.408. The van der Waals surface area contributed by atoms with Crippen LogP contribution in [0.2, 0.25) is 0 Å². The molecule has 0 heterocycles. The number of hydrogen-bond donors (Lipinski definition) is 0. The fourth-order valence-electron chi connectivity index (χ4n) is 0. The fourth-order valence-corrected chi connectivity index (χ4v) is 0. The molecule has 0 unspecified atom stereocenters. The van der Waals surface area contributed by atoms with Crippen molar-refractivity contribution in [2.75, 3.05) is 0 Å². The van der Waals surface area contributed by atoms with E-state index in [2.05, 4.69) is 0 Å². The Morgan fingerprint density at radius 3 is 0.800 bits per heavy atom. The molecular formula is CaCuO6S2. The summed E-state index contributed by atoms with van der Waals surface area (Å²) in [6.07, 6.45) is 0. The van der Waals surface area contributed by atoms with Crippen LogP contribution >= 0.6 is 0 Å². The second kappa shape index (κ2) is 17.1. The van der Waals surface area contributed by atoms with Crippen molar-refractivity contribution in [3.8, 4) is 0 Å². The third-order valence-corrected chi connectivity index (χ3v) is 0.